The van der Waals surface area contributed by atoms with Gasteiger partial charge in [-0.3, -0.25) is 4.79 Å². The number of carbonyl (C=O) groups excluding carboxylic acids is 2. The first-order valence-electron chi connectivity index (χ1n) is 11.4. The SMILES string of the molecule is CC(C)(C)OC(=O)N1CCC(N/C(=N/C(=O)C(F)(F)F)N2Cc3ccc(OCCO)cc3C2)CC1. The molecular formula is C23H31F3N4O5. The number of likely N-dealkylation sites (tertiary alicyclic amines) is 1. The molecule has 2 aliphatic heterocycles. The first-order chi connectivity index (χ1) is 16.4. The average molecular weight is 501 g/mol. The summed E-state index contributed by atoms with van der Waals surface area (Å²) >= 11 is 0. The molecule has 2 aliphatic rings. The third-order valence-corrected chi connectivity index (χ3v) is 5.49. The molecule has 2 N–H and O–H groups in total. The van der Waals surface area contributed by atoms with E-state index in [-0.39, 0.29) is 38.3 Å². The second-order valence-electron chi connectivity index (χ2n) is 9.48. The smallest absolute Gasteiger partial charge is 0.473 e. The lowest BCUT2D eigenvalue weighted by Gasteiger charge is -2.35. The van der Waals surface area contributed by atoms with E-state index in [2.05, 4.69) is 10.3 Å². The highest BCUT2D eigenvalue weighted by Crippen LogP contribution is 2.28. The van der Waals surface area contributed by atoms with Crippen LogP contribution in [0.25, 0.3) is 0 Å². The van der Waals surface area contributed by atoms with Gasteiger partial charge in [-0.15, -0.1) is 0 Å². The molecule has 0 aliphatic carbocycles. The summed E-state index contributed by atoms with van der Waals surface area (Å²) in [4.78, 5) is 30.5. The average Bonchev–Trinajstić information content (AvgIpc) is 3.19. The molecule has 0 bridgehead atoms. The maximum absolute atomic E-state index is 13.0. The number of halogens is 3. The summed E-state index contributed by atoms with van der Waals surface area (Å²) in [6.45, 7) is 6.52. The van der Waals surface area contributed by atoms with E-state index in [1.807, 2.05) is 0 Å². The highest BCUT2D eigenvalue weighted by atomic mass is 19.4. The Hall–Kier alpha value is -3.02. The van der Waals surface area contributed by atoms with Crippen LogP contribution >= 0.6 is 0 Å². The number of carbonyl (C=O) groups is 2. The van der Waals surface area contributed by atoms with Gasteiger partial charge in [0.2, 0.25) is 5.96 Å². The van der Waals surface area contributed by atoms with Crippen molar-refractivity contribution >= 4 is 18.0 Å². The fraction of sp³-hybridized carbons (Fsp3) is 0.609. The van der Waals surface area contributed by atoms with Crippen molar-refractivity contribution in [2.45, 2.75) is 64.5 Å². The van der Waals surface area contributed by atoms with E-state index in [0.29, 0.717) is 31.7 Å². The maximum Gasteiger partial charge on any atom is 0.473 e. The van der Waals surface area contributed by atoms with Crippen LogP contribution < -0.4 is 10.1 Å². The zero-order chi connectivity index (χ0) is 25.8. The molecule has 0 unspecified atom stereocenters. The van der Waals surface area contributed by atoms with Gasteiger partial charge < -0.3 is 29.7 Å². The summed E-state index contributed by atoms with van der Waals surface area (Å²) < 4.78 is 49.7. The number of aliphatic imine (C=N–C) groups is 1. The number of alkyl halides is 3. The molecule has 1 saturated heterocycles. The van der Waals surface area contributed by atoms with Crippen LogP contribution in [0, 0.1) is 0 Å². The minimum Gasteiger partial charge on any atom is -0.491 e. The normalized spacial score (nSPS) is 17.3. The molecule has 1 aromatic rings. The monoisotopic (exact) mass is 500 g/mol. The number of aliphatic hydroxyl groups excluding tert-OH is 1. The number of fused-ring (bicyclic) bond motifs is 1. The standard InChI is InChI=1S/C23H31F3N4O5/c1-22(2,3)35-21(33)29-8-6-17(7-9-29)27-20(28-19(32)23(24,25)26)30-13-15-4-5-18(34-11-10-31)12-16(15)14-30/h4-5,12,17,31H,6-11,13-14H2,1-3H3,(H,27,28,32). The lowest BCUT2D eigenvalue weighted by atomic mass is 10.1. The topological polar surface area (TPSA) is 104 Å². The summed E-state index contributed by atoms with van der Waals surface area (Å²) in [7, 11) is 0. The van der Waals surface area contributed by atoms with Gasteiger partial charge in [-0.25, -0.2) is 4.79 Å². The van der Waals surface area contributed by atoms with Gasteiger partial charge in [0.25, 0.3) is 0 Å². The van der Waals surface area contributed by atoms with Gasteiger partial charge in [-0.2, -0.15) is 18.2 Å². The van der Waals surface area contributed by atoms with Crippen molar-refractivity contribution in [3.8, 4) is 5.75 Å². The fourth-order valence-electron chi connectivity index (χ4n) is 3.84. The first-order valence-corrected chi connectivity index (χ1v) is 11.4. The number of hydrogen-bond acceptors (Lipinski definition) is 5. The second-order valence-corrected chi connectivity index (χ2v) is 9.48. The number of nitrogens with one attached hydrogen (secondary N) is 1. The minimum atomic E-state index is -5.09. The molecule has 1 fully saturated rings. The number of guanidine groups is 1. The summed E-state index contributed by atoms with van der Waals surface area (Å²) in [6.07, 6.45) is -4.62. The highest BCUT2D eigenvalue weighted by Gasteiger charge is 2.40. The minimum absolute atomic E-state index is 0.124. The van der Waals surface area contributed by atoms with Crippen molar-refractivity contribution in [3.05, 3.63) is 29.3 Å². The van der Waals surface area contributed by atoms with Gasteiger partial charge in [0, 0.05) is 32.2 Å². The molecule has 0 aromatic heterocycles. The summed E-state index contributed by atoms with van der Waals surface area (Å²) in [5.41, 5.74) is 1.07. The van der Waals surface area contributed by atoms with E-state index in [0.717, 1.165) is 11.1 Å². The number of aliphatic hydroxyl groups is 1. The Balaban J connectivity index is 1.69. The fourth-order valence-corrected chi connectivity index (χ4v) is 3.84. The van der Waals surface area contributed by atoms with Crippen molar-refractivity contribution in [1.82, 2.24) is 15.1 Å². The van der Waals surface area contributed by atoms with Crippen molar-refractivity contribution in [3.63, 3.8) is 0 Å². The van der Waals surface area contributed by atoms with E-state index < -0.39 is 23.8 Å². The zero-order valence-corrected chi connectivity index (χ0v) is 20.0. The maximum atomic E-state index is 13.0. The van der Waals surface area contributed by atoms with E-state index >= 15 is 0 Å². The van der Waals surface area contributed by atoms with Crippen LogP contribution in [0.4, 0.5) is 18.0 Å². The Bertz CT molecular complexity index is 953. The third kappa shape index (κ3) is 7.48. The predicted molar refractivity (Wildman–Crippen MR) is 121 cm³/mol. The van der Waals surface area contributed by atoms with Crippen LogP contribution in [0.5, 0.6) is 5.75 Å². The summed E-state index contributed by atoms with van der Waals surface area (Å²) in [5.74, 6) is -1.81. The number of nitrogens with zero attached hydrogens (tertiary/aromatic N) is 3. The van der Waals surface area contributed by atoms with Crippen LogP contribution in [-0.2, 0) is 22.6 Å². The number of ether oxygens (including phenoxy) is 2. The quantitative estimate of drug-likeness (QED) is 0.484. The van der Waals surface area contributed by atoms with Crippen molar-refractivity contribution < 1.29 is 37.3 Å². The Morgan fingerprint density at radius 3 is 2.37 bits per heavy atom. The molecule has 2 heterocycles. The van der Waals surface area contributed by atoms with Crippen LogP contribution in [-0.4, -0.2) is 77.0 Å². The molecule has 12 heteroatoms. The van der Waals surface area contributed by atoms with Crippen molar-refractivity contribution in [2.24, 2.45) is 4.99 Å². The summed E-state index contributed by atoms with van der Waals surface area (Å²) in [5, 5.41) is 11.9. The largest absolute Gasteiger partial charge is 0.491 e. The van der Waals surface area contributed by atoms with E-state index in [1.165, 1.54) is 0 Å². The Kier molecular flexibility index (Phi) is 8.14. The molecular weight excluding hydrogens is 469 g/mol. The molecule has 0 radical (unpaired) electrons. The van der Waals surface area contributed by atoms with Gasteiger partial charge in [0.1, 0.15) is 18.0 Å². The van der Waals surface area contributed by atoms with Crippen LogP contribution in [0.3, 0.4) is 0 Å². The number of hydrogen-bond donors (Lipinski definition) is 2. The molecule has 35 heavy (non-hydrogen) atoms. The lowest BCUT2D eigenvalue weighted by molar-refractivity contribution is -0.169. The van der Waals surface area contributed by atoms with Crippen LogP contribution in [0.15, 0.2) is 23.2 Å². The number of piperidine rings is 1. The van der Waals surface area contributed by atoms with E-state index in [9.17, 15) is 22.8 Å². The second kappa shape index (κ2) is 10.7. The Morgan fingerprint density at radius 1 is 1.11 bits per heavy atom. The van der Waals surface area contributed by atoms with Gasteiger partial charge in [-0.05, 0) is 56.9 Å². The molecule has 0 spiro atoms. The third-order valence-electron chi connectivity index (χ3n) is 5.49. The summed E-state index contributed by atoms with van der Waals surface area (Å²) in [6, 6.07) is 4.99. The van der Waals surface area contributed by atoms with Crippen molar-refractivity contribution in [2.75, 3.05) is 26.3 Å². The molecule has 9 nitrogen and oxygen atoms in total. The predicted octanol–water partition coefficient (Wildman–Crippen LogP) is 2.81. The van der Waals surface area contributed by atoms with Crippen molar-refractivity contribution in [1.29, 1.82) is 0 Å². The van der Waals surface area contributed by atoms with Gasteiger partial charge in [0.15, 0.2) is 0 Å². The lowest BCUT2D eigenvalue weighted by Crippen LogP contribution is -2.51. The van der Waals surface area contributed by atoms with Gasteiger partial charge in [-0.1, -0.05) is 6.07 Å². The van der Waals surface area contributed by atoms with E-state index in [4.69, 9.17) is 14.6 Å². The Labute approximate surface area is 201 Å². The molecule has 2 amide bonds. The molecule has 1 aromatic carbocycles. The number of amides is 2. The molecule has 0 saturated carbocycles. The van der Waals surface area contributed by atoms with Crippen LogP contribution in [0.1, 0.15) is 44.7 Å². The molecule has 3 rings (SSSR count). The highest BCUT2D eigenvalue weighted by molar-refractivity contribution is 5.96. The zero-order valence-electron chi connectivity index (χ0n) is 20.0. The van der Waals surface area contributed by atoms with Gasteiger partial charge in [0.05, 0.1) is 6.61 Å². The molecule has 0 atom stereocenters. The number of rotatable bonds is 4. The number of benzene rings is 1. The van der Waals surface area contributed by atoms with Gasteiger partial charge >= 0.3 is 18.2 Å². The van der Waals surface area contributed by atoms with E-state index in [1.54, 1.807) is 48.8 Å². The van der Waals surface area contributed by atoms with Crippen LogP contribution in [0.2, 0.25) is 0 Å². The first kappa shape index (κ1) is 26.6. The molecule has 194 valence electrons. The Morgan fingerprint density at radius 2 is 1.77 bits per heavy atom.